The van der Waals surface area contributed by atoms with Gasteiger partial charge in [0, 0.05) is 29.9 Å². The van der Waals surface area contributed by atoms with Gasteiger partial charge in [0.1, 0.15) is 10.6 Å². The number of nitrogens with zero attached hydrogens (tertiary/aromatic N) is 1. The number of nitrogens with one attached hydrogen (secondary N) is 1. The van der Waals surface area contributed by atoms with Crippen molar-refractivity contribution in [2.75, 3.05) is 19.0 Å². The zero-order chi connectivity index (χ0) is 22.1. The first-order chi connectivity index (χ1) is 15.6. The lowest BCUT2D eigenvalue weighted by Gasteiger charge is -2.27. The Morgan fingerprint density at radius 3 is 2.64 bits per heavy atom. The van der Waals surface area contributed by atoms with Crippen LogP contribution in [-0.2, 0) is 24.2 Å². The number of para-hydroxylation sites is 1. The Morgan fingerprint density at radius 2 is 1.88 bits per heavy atom. The van der Waals surface area contributed by atoms with Gasteiger partial charge >= 0.3 is 5.97 Å². The highest BCUT2D eigenvalue weighted by atomic mass is 35.5. The predicted molar refractivity (Wildman–Crippen MR) is 131 cm³/mol. The third-order valence-corrected chi connectivity index (χ3v) is 6.78. The smallest absolute Gasteiger partial charge is 0.341 e. The van der Waals surface area contributed by atoms with E-state index in [4.69, 9.17) is 9.15 Å². The maximum absolute atomic E-state index is 12.9. The number of carbonyl (C=O) groups excluding carboxylic acids is 2. The second-order valence-electron chi connectivity index (χ2n) is 7.75. The molecule has 8 heteroatoms. The van der Waals surface area contributed by atoms with Crippen LogP contribution in [0, 0.1) is 0 Å². The largest absolute Gasteiger partial charge is 0.465 e. The molecular formula is C25H23ClN2O4S. The maximum Gasteiger partial charge on any atom is 0.341 e. The molecule has 1 N–H and O–H groups in total. The van der Waals surface area contributed by atoms with Crippen LogP contribution in [0.15, 0.2) is 65.1 Å². The van der Waals surface area contributed by atoms with E-state index >= 15 is 0 Å². The number of methoxy groups -OCH3 is 1. The number of benzene rings is 2. The van der Waals surface area contributed by atoms with Crippen LogP contribution in [0.2, 0.25) is 0 Å². The van der Waals surface area contributed by atoms with E-state index in [0.29, 0.717) is 16.1 Å². The molecule has 3 heterocycles. The molecule has 1 aliphatic rings. The van der Waals surface area contributed by atoms with Crippen molar-refractivity contribution in [3.05, 3.63) is 88.0 Å². The average molecular weight is 483 g/mol. The van der Waals surface area contributed by atoms with E-state index in [0.717, 1.165) is 41.9 Å². The number of rotatable bonds is 5. The lowest BCUT2D eigenvalue weighted by Crippen LogP contribution is -2.29. The minimum absolute atomic E-state index is 0. The van der Waals surface area contributed by atoms with Crippen LogP contribution in [0.5, 0.6) is 0 Å². The normalized spacial score (nSPS) is 13.2. The minimum Gasteiger partial charge on any atom is -0.465 e. The Bertz CT molecular complexity index is 1270. The lowest BCUT2D eigenvalue weighted by atomic mass is 10.0. The fraction of sp³-hybridized carbons (Fsp3) is 0.200. The summed E-state index contributed by atoms with van der Waals surface area (Å²) in [7, 11) is 1.36. The molecule has 1 aliphatic heterocycles. The van der Waals surface area contributed by atoms with Crippen LogP contribution in [0.3, 0.4) is 0 Å². The molecule has 170 valence electrons. The van der Waals surface area contributed by atoms with Crippen LogP contribution < -0.4 is 5.32 Å². The Labute approximate surface area is 201 Å². The summed E-state index contributed by atoms with van der Waals surface area (Å²) in [6.07, 6.45) is 0.726. The summed E-state index contributed by atoms with van der Waals surface area (Å²) in [5.74, 6) is -0.607. The van der Waals surface area contributed by atoms with Crippen molar-refractivity contribution in [1.82, 2.24) is 4.90 Å². The standard InChI is InChI=1S/C25H22N2O4S.ClH/c1-30-25(29)22-18-11-12-27(14-16-7-3-2-4-8-16)15-21(18)32-24(22)26-23(28)20-13-17-9-5-6-10-19(17)31-20;/h2-10,13H,11-12,14-15H2,1H3,(H,26,28);1H. The van der Waals surface area contributed by atoms with Crippen LogP contribution in [-0.4, -0.2) is 30.4 Å². The number of furan rings is 1. The number of amides is 1. The molecular weight excluding hydrogens is 460 g/mol. The van der Waals surface area contributed by atoms with Gasteiger partial charge in [-0.2, -0.15) is 0 Å². The van der Waals surface area contributed by atoms with Crippen LogP contribution in [0.25, 0.3) is 11.0 Å². The first kappa shape index (κ1) is 23.0. The van der Waals surface area contributed by atoms with Gasteiger partial charge in [-0.3, -0.25) is 9.69 Å². The van der Waals surface area contributed by atoms with E-state index in [-0.39, 0.29) is 24.1 Å². The molecule has 0 saturated carbocycles. The number of thiophene rings is 1. The monoisotopic (exact) mass is 482 g/mol. The second-order valence-corrected chi connectivity index (χ2v) is 8.85. The molecule has 0 bridgehead atoms. The molecule has 6 nitrogen and oxygen atoms in total. The highest BCUT2D eigenvalue weighted by molar-refractivity contribution is 7.17. The number of anilines is 1. The topological polar surface area (TPSA) is 71.8 Å². The summed E-state index contributed by atoms with van der Waals surface area (Å²) < 4.78 is 10.7. The van der Waals surface area contributed by atoms with Crippen molar-refractivity contribution >= 4 is 51.6 Å². The highest BCUT2D eigenvalue weighted by Gasteiger charge is 2.30. The Hall–Kier alpha value is -3.13. The number of esters is 1. The Balaban J connectivity index is 0.00000259. The van der Waals surface area contributed by atoms with E-state index in [1.807, 2.05) is 42.5 Å². The number of carbonyl (C=O) groups is 2. The third-order valence-electron chi connectivity index (χ3n) is 5.65. The summed E-state index contributed by atoms with van der Waals surface area (Å²) in [6, 6.07) is 19.5. The van der Waals surface area contributed by atoms with Crippen molar-refractivity contribution in [2.24, 2.45) is 0 Å². The summed E-state index contributed by atoms with van der Waals surface area (Å²) >= 11 is 1.43. The summed E-state index contributed by atoms with van der Waals surface area (Å²) in [5, 5.41) is 4.25. The quantitative estimate of drug-likeness (QED) is 0.379. The molecule has 0 aliphatic carbocycles. The van der Waals surface area contributed by atoms with Gasteiger partial charge < -0.3 is 14.5 Å². The van der Waals surface area contributed by atoms with E-state index in [9.17, 15) is 9.59 Å². The highest BCUT2D eigenvalue weighted by Crippen LogP contribution is 2.38. The van der Waals surface area contributed by atoms with Crippen molar-refractivity contribution in [2.45, 2.75) is 19.5 Å². The van der Waals surface area contributed by atoms with Crippen LogP contribution in [0.1, 0.15) is 36.9 Å². The van der Waals surface area contributed by atoms with Gasteiger partial charge in [-0.15, -0.1) is 23.7 Å². The van der Waals surface area contributed by atoms with Crippen molar-refractivity contribution in [3.8, 4) is 0 Å². The van der Waals surface area contributed by atoms with Crippen LogP contribution >= 0.6 is 23.7 Å². The van der Waals surface area contributed by atoms with Gasteiger partial charge in [-0.05, 0) is 29.7 Å². The van der Waals surface area contributed by atoms with Gasteiger partial charge in [0.05, 0.1) is 12.7 Å². The molecule has 2 aromatic carbocycles. The maximum atomic E-state index is 12.9. The van der Waals surface area contributed by atoms with Gasteiger partial charge in [-0.25, -0.2) is 4.79 Å². The van der Waals surface area contributed by atoms with E-state index in [2.05, 4.69) is 22.3 Å². The van der Waals surface area contributed by atoms with E-state index < -0.39 is 5.97 Å². The fourth-order valence-corrected chi connectivity index (χ4v) is 5.37. The average Bonchev–Trinajstić information content (AvgIpc) is 3.40. The fourth-order valence-electron chi connectivity index (χ4n) is 4.10. The molecule has 4 aromatic rings. The molecule has 33 heavy (non-hydrogen) atoms. The molecule has 0 spiro atoms. The number of fused-ring (bicyclic) bond motifs is 2. The van der Waals surface area contributed by atoms with Crippen molar-refractivity contribution < 1.29 is 18.7 Å². The SMILES string of the molecule is COC(=O)c1c(NC(=O)c2cc3ccccc3o2)sc2c1CCN(Cc1ccccc1)C2.Cl. The van der Waals surface area contributed by atoms with Crippen molar-refractivity contribution in [1.29, 1.82) is 0 Å². The molecule has 0 radical (unpaired) electrons. The molecule has 0 saturated heterocycles. The number of ether oxygens (including phenoxy) is 1. The van der Waals surface area contributed by atoms with Gasteiger partial charge in [0.25, 0.3) is 5.91 Å². The molecule has 5 rings (SSSR count). The minimum atomic E-state index is -0.432. The molecule has 0 unspecified atom stereocenters. The molecule has 0 fully saturated rings. The zero-order valence-corrected chi connectivity index (χ0v) is 19.6. The third kappa shape index (κ3) is 4.66. The summed E-state index contributed by atoms with van der Waals surface area (Å²) in [4.78, 5) is 28.9. The molecule has 2 aromatic heterocycles. The zero-order valence-electron chi connectivity index (χ0n) is 18.0. The van der Waals surface area contributed by atoms with E-state index in [1.54, 1.807) is 6.07 Å². The number of hydrogen-bond acceptors (Lipinski definition) is 6. The van der Waals surface area contributed by atoms with Gasteiger partial charge in [0.15, 0.2) is 5.76 Å². The lowest BCUT2D eigenvalue weighted by molar-refractivity contribution is 0.0600. The first-order valence-corrected chi connectivity index (χ1v) is 11.2. The van der Waals surface area contributed by atoms with Gasteiger partial charge in [0.2, 0.25) is 0 Å². The number of hydrogen-bond donors (Lipinski definition) is 1. The predicted octanol–water partition coefficient (Wildman–Crippen LogP) is 5.51. The Morgan fingerprint density at radius 1 is 1.12 bits per heavy atom. The summed E-state index contributed by atoms with van der Waals surface area (Å²) in [6.45, 7) is 2.39. The second kappa shape index (κ2) is 9.79. The summed E-state index contributed by atoms with van der Waals surface area (Å²) in [5.41, 5.74) is 3.31. The van der Waals surface area contributed by atoms with Crippen molar-refractivity contribution in [3.63, 3.8) is 0 Å². The van der Waals surface area contributed by atoms with E-state index in [1.165, 1.54) is 24.0 Å². The Kier molecular flexibility index (Phi) is 6.83. The molecule has 1 amide bonds. The van der Waals surface area contributed by atoms with Gasteiger partial charge in [-0.1, -0.05) is 48.5 Å². The number of halogens is 1. The van der Waals surface area contributed by atoms with Crippen LogP contribution in [0.4, 0.5) is 5.00 Å². The molecule has 0 atom stereocenters. The first-order valence-electron chi connectivity index (χ1n) is 10.4.